The normalized spacial score (nSPS) is 13.2. The molecule has 0 unspecified atom stereocenters. The van der Waals surface area contributed by atoms with E-state index in [2.05, 4.69) is 18.3 Å². The molecule has 0 aromatic rings. The van der Waals surface area contributed by atoms with E-state index in [1.165, 1.54) is 134 Å². The van der Waals surface area contributed by atoms with Gasteiger partial charge in [0.2, 0.25) is 0 Å². The van der Waals surface area contributed by atoms with Crippen LogP contribution in [0.5, 0.6) is 0 Å². The van der Waals surface area contributed by atoms with E-state index >= 15 is 0 Å². The highest BCUT2D eigenvalue weighted by Crippen LogP contribution is 2.16. The van der Waals surface area contributed by atoms with E-state index in [0.29, 0.717) is 0 Å². The summed E-state index contributed by atoms with van der Waals surface area (Å²) in [5.41, 5.74) is 1.27. The lowest BCUT2D eigenvalue weighted by atomic mass is 10.0. The maximum absolute atomic E-state index is 4.33. The van der Waals surface area contributed by atoms with Crippen molar-refractivity contribution in [1.29, 1.82) is 0 Å². The summed E-state index contributed by atoms with van der Waals surface area (Å²) < 4.78 is 0. The second-order valence-electron chi connectivity index (χ2n) is 8.24. The number of nitrogens with zero attached hydrogens (tertiary/aromatic N) is 1. The maximum Gasteiger partial charge on any atom is 0.0404 e. The van der Waals surface area contributed by atoms with Gasteiger partial charge in [-0.2, -0.15) is 0 Å². The van der Waals surface area contributed by atoms with Crippen molar-refractivity contribution in [2.24, 2.45) is 0 Å². The van der Waals surface area contributed by atoms with Gasteiger partial charge in [0, 0.05) is 11.9 Å². The number of allylic oxidation sites excluding steroid dienone is 3. The molecule has 0 bridgehead atoms. The average Bonchev–Trinajstić information content (AvgIpc) is 3.17. The van der Waals surface area contributed by atoms with Gasteiger partial charge in [-0.15, -0.1) is 0 Å². The molecule has 0 spiro atoms. The van der Waals surface area contributed by atoms with E-state index in [9.17, 15) is 0 Å². The quantitative estimate of drug-likeness (QED) is 0.192. The van der Waals surface area contributed by atoms with Crippen LogP contribution in [-0.4, -0.2) is 0 Å². The molecule has 26 heavy (non-hydrogen) atoms. The van der Waals surface area contributed by atoms with Crippen molar-refractivity contribution in [1.82, 2.24) is 5.32 Å². The minimum atomic E-state index is 1.17. The smallest absolute Gasteiger partial charge is 0.0404 e. The van der Waals surface area contributed by atoms with Crippen LogP contribution in [0.4, 0.5) is 0 Å². The lowest BCUT2D eigenvalue weighted by Crippen LogP contribution is -1.92. The highest BCUT2D eigenvalue weighted by Gasteiger charge is 2.00. The van der Waals surface area contributed by atoms with Crippen molar-refractivity contribution in [3.63, 3.8) is 0 Å². The fourth-order valence-electron chi connectivity index (χ4n) is 3.87. The summed E-state index contributed by atoms with van der Waals surface area (Å²) in [6, 6.07) is 0. The van der Waals surface area contributed by atoms with Crippen molar-refractivity contribution in [2.75, 3.05) is 0 Å². The van der Waals surface area contributed by atoms with Crippen LogP contribution in [0.3, 0.4) is 0 Å². The molecule has 1 heterocycles. The van der Waals surface area contributed by atoms with Crippen LogP contribution in [0, 0.1) is 0 Å². The van der Waals surface area contributed by atoms with Gasteiger partial charge in [-0.05, 0) is 25.0 Å². The Labute approximate surface area is 165 Å². The van der Waals surface area contributed by atoms with Gasteiger partial charge in [0.15, 0.2) is 0 Å². The minimum Gasteiger partial charge on any atom is -0.261 e. The average molecular weight is 361 g/mol. The van der Waals surface area contributed by atoms with Gasteiger partial charge in [-0.3, -0.25) is 5.32 Å². The molecule has 0 atom stereocenters. The third kappa shape index (κ3) is 15.5. The topological polar surface area (TPSA) is 14.1 Å². The molecule has 0 fully saturated rings. The van der Waals surface area contributed by atoms with Crippen LogP contribution in [0.15, 0.2) is 24.0 Å². The molecule has 1 aliphatic rings. The second kappa shape index (κ2) is 19.1. The lowest BCUT2D eigenvalue weighted by molar-refractivity contribution is 0.523. The molecule has 1 rings (SSSR count). The van der Waals surface area contributed by atoms with Crippen molar-refractivity contribution >= 4 is 0 Å². The Balaban J connectivity index is 1.63. The zero-order valence-electron chi connectivity index (χ0n) is 17.8. The van der Waals surface area contributed by atoms with Crippen molar-refractivity contribution in [3.8, 4) is 0 Å². The first-order valence-corrected chi connectivity index (χ1v) is 12.0. The Morgan fingerprint density at radius 3 is 1.27 bits per heavy atom. The van der Waals surface area contributed by atoms with Crippen LogP contribution in [-0.2, 0) is 0 Å². The summed E-state index contributed by atoms with van der Waals surface area (Å²) in [6.07, 6.45) is 34.8. The predicted molar refractivity (Wildman–Crippen MR) is 117 cm³/mol. The number of unbranched alkanes of at least 4 members (excludes halogenated alkanes) is 18. The summed E-state index contributed by atoms with van der Waals surface area (Å²) in [4.78, 5) is 0. The molecule has 151 valence electrons. The lowest BCUT2D eigenvalue weighted by Gasteiger charge is -2.04. The van der Waals surface area contributed by atoms with Crippen LogP contribution in [0.2, 0.25) is 0 Å². The van der Waals surface area contributed by atoms with Gasteiger partial charge in [0.05, 0.1) is 0 Å². The van der Waals surface area contributed by atoms with E-state index in [4.69, 9.17) is 0 Å². The molecule has 1 nitrogen and oxygen atoms in total. The summed E-state index contributed by atoms with van der Waals surface area (Å²) >= 11 is 0. The summed E-state index contributed by atoms with van der Waals surface area (Å²) in [7, 11) is 0. The van der Waals surface area contributed by atoms with Gasteiger partial charge in [0.1, 0.15) is 0 Å². The standard InChI is InChI=1S/C25H46N/c1-2-3-4-5-6-7-8-9-10-11-12-13-14-15-16-17-18-19-20-22-25-23-21-24-26-25/h21,23-24H,2-20,22H2,1H3. The molecule has 0 aromatic heterocycles. The monoisotopic (exact) mass is 360 g/mol. The molecule has 0 N–H and O–H groups in total. The molecule has 0 aliphatic carbocycles. The molecule has 0 amide bonds. The second-order valence-corrected chi connectivity index (χ2v) is 8.24. The number of hydrogen-bond donors (Lipinski definition) is 0. The van der Waals surface area contributed by atoms with Gasteiger partial charge in [-0.1, -0.05) is 122 Å². The first-order chi connectivity index (χ1) is 12.9. The molecular formula is C25H46N. The highest BCUT2D eigenvalue weighted by molar-refractivity contribution is 5.18. The first kappa shape index (κ1) is 23.3. The maximum atomic E-state index is 4.33. The van der Waals surface area contributed by atoms with Crippen molar-refractivity contribution in [3.05, 3.63) is 24.0 Å². The third-order valence-electron chi connectivity index (χ3n) is 5.65. The summed E-state index contributed by atoms with van der Waals surface area (Å²) in [6.45, 7) is 2.30. The van der Waals surface area contributed by atoms with E-state index in [1.807, 2.05) is 12.3 Å². The van der Waals surface area contributed by atoms with E-state index < -0.39 is 0 Å². The molecule has 1 aliphatic heterocycles. The summed E-state index contributed by atoms with van der Waals surface area (Å²) in [5, 5.41) is 4.33. The van der Waals surface area contributed by atoms with E-state index in [-0.39, 0.29) is 0 Å². The molecule has 0 saturated carbocycles. The van der Waals surface area contributed by atoms with E-state index in [1.54, 1.807) is 0 Å². The first-order valence-electron chi connectivity index (χ1n) is 12.0. The van der Waals surface area contributed by atoms with Gasteiger partial charge >= 0.3 is 0 Å². The number of hydrogen-bond acceptors (Lipinski definition) is 0. The fraction of sp³-hybridized carbons (Fsp3) is 0.840. The van der Waals surface area contributed by atoms with E-state index in [0.717, 1.165) is 0 Å². The Kier molecular flexibility index (Phi) is 17.1. The minimum absolute atomic E-state index is 1.17. The number of rotatable bonds is 20. The molecule has 0 saturated heterocycles. The third-order valence-corrected chi connectivity index (χ3v) is 5.65. The zero-order valence-corrected chi connectivity index (χ0v) is 17.8. The Hall–Kier alpha value is -0.720. The SMILES string of the molecule is CCCCCCCCCCCCCCCCCCCCCC1=CC=C[N]1. The zero-order chi connectivity index (χ0) is 18.5. The molecule has 1 radical (unpaired) electrons. The summed E-state index contributed by atoms with van der Waals surface area (Å²) in [5.74, 6) is 0. The van der Waals surface area contributed by atoms with Crippen LogP contribution in [0.25, 0.3) is 0 Å². The van der Waals surface area contributed by atoms with Crippen LogP contribution in [0.1, 0.15) is 135 Å². The highest BCUT2D eigenvalue weighted by atomic mass is 14.9. The Bertz CT molecular complexity index is 342. The van der Waals surface area contributed by atoms with Gasteiger partial charge in [0.25, 0.3) is 0 Å². The van der Waals surface area contributed by atoms with Crippen molar-refractivity contribution in [2.45, 2.75) is 135 Å². The molecular weight excluding hydrogens is 314 g/mol. The van der Waals surface area contributed by atoms with Gasteiger partial charge < -0.3 is 0 Å². The molecule has 1 heteroatoms. The largest absolute Gasteiger partial charge is 0.261 e. The van der Waals surface area contributed by atoms with Crippen LogP contribution < -0.4 is 5.32 Å². The van der Waals surface area contributed by atoms with Crippen LogP contribution >= 0.6 is 0 Å². The van der Waals surface area contributed by atoms with Crippen molar-refractivity contribution < 1.29 is 0 Å². The molecule has 0 aromatic carbocycles. The Morgan fingerprint density at radius 2 is 0.923 bits per heavy atom. The fourth-order valence-corrected chi connectivity index (χ4v) is 3.87. The predicted octanol–water partition coefficient (Wildman–Crippen LogP) is 8.82. The van der Waals surface area contributed by atoms with Gasteiger partial charge in [-0.25, -0.2) is 0 Å². The Morgan fingerprint density at radius 1 is 0.538 bits per heavy atom.